The van der Waals surface area contributed by atoms with E-state index in [1.54, 1.807) is 30.3 Å². The SMILES string of the molecule is COc1cc(OC)c(NC(=O)C2CCCN2C(=O)c2cc(Cl)ccc2OC)cc1Cl. The molecule has 160 valence electrons. The van der Waals surface area contributed by atoms with Crippen LogP contribution in [0.4, 0.5) is 5.69 Å². The van der Waals surface area contributed by atoms with Crippen molar-refractivity contribution in [2.75, 3.05) is 33.2 Å². The third-order valence-electron chi connectivity index (χ3n) is 4.94. The van der Waals surface area contributed by atoms with E-state index in [9.17, 15) is 9.59 Å². The first-order chi connectivity index (χ1) is 14.4. The lowest BCUT2D eigenvalue weighted by Crippen LogP contribution is -2.43. The summed E-state index contributed by atoms with van der Waals surface area (Å²) in [6, 6.07) is 7.31. The van der Waals surface area contributed by atoms with Gasteiger partial charge in [-0.1, -0.05) is 23.2 Å². The van der Waals surface area contributed by atoms with E-state index in [4.69, 9.17) is 37.4 Å². The molecule has 9 heteroatoms. The minimum absolute atomic E-state index is 0.313. The Hall–Kier alpha value is -2.64. The van der Waals surface area contributed by atoms with E-state index >= 15 is 0 Å². The highest BCUT2D eigenvalue weighted by Crippen LogP contribution is 2.36. The zero-order chi connectivity index (χ0) is 21.8. The minimum atomic E-state index is -0.647. The van der Waals surface area contributed by atoms with Gasteiger partial charge in [0.05, 0.1) is 37.6 Å². The lowest BCUT2D eigenvalue weighted by molar-refractivity contribution is -0.119. The van der Waals surface area contributed by atoms with Gasteiger partial charge in [-0.25, -0.2) is 0 Å². The van der Waals surface area contributed by atoms with Crippen molar-refractivity contribution in [3.63, 3.8) is 0 Å². The molecule has 0 spiro atoms. The van der Waals surface area contributed by atoms with E-state index in [1.165, 1.54) is 26.2 Å². The number of methoxy groups -OCH3 is 3. The second-order valence-electron chi connectivity index (χ2n) is 6.68. The molecule has 30 heavy (non-hydrogen) atoms. The van der Waals surface area contributed by atoms with Crippen LogP contribution in [0.5, 0.6) is 17.2 Å². The van der Waals surface area contributed by atoms with Gasteiger partial charge in [0.1, 0.15) is 23.3 Å². The highest BCUT2D eigenvalue weighted by molar-refractivity contribution is 6.32. The smallest absolute Gasteiger partial charge is 0.258 e. The average Bonchev–Trinajstić information content (AvgIpc) is 3.23. The molecule has 1 fully saturated rings. The van der Waals surface area contributed by atoms with Crippen LogP contribution in [0.2, 0.25) is 10.0 Å². The number of halogens is 2. The molecule has 0 aromatic heterocycles. The molecule has 0 saturated carbocycles. The maximum absolute atomic E-state index is 13.2. The summed E-state index contributed by atoms with van der Waals surface area (Å²) in [7, 11) is 4.45. The Morgan fingerprint density at radius 1 is 1.00 bits per heavy atom. The fourth-order valence-electron chi connectivity index (χ4n) is 3.46. The van der Waals surface area contributed by atoms with E-state index in [-0.39, 0.29) is 11.8 Å². The maximum atomic E-state index is 13.2. The molecule has 2 aromatic carbocycles. The predicted octanol–water partition coefficient (Wildman–Crippen LogP) is 4.26. The van der Waals surface area contributed by atoms with Crippen LogP contribution in [-0.2, 0) is 4.79 Å². The van der Waals surface area contributed by atoms with E-state index in [1.807, 2.05) is 0 Å². The summed E-state index contributed by atoms with van der Waals surface area (Å²) in [5.74, 6) is 0.585. The first-order valence-electron chi connectivity index (χ1n) is 9.26. The number of carbonyl (C=O) groups is 2. The summed E-state index contributed by atoms with van der Waals surface area (Å²) in [6.45, 7) is 0.451. The second-order valence-corrected chi connectivity index (χ2v) is 7.52. The quantitative estimate of drug-likeness (QED) is 0.708. The minimum Gasteiger partial charge on any atom is -0.496 e. The summed E-state index contributed by atoms with van der Waals surface area (Å²) in [5.41, 5.74) is 0.711. The third kappa shape index (κ3) is 4.42. The molecule has 1 unspecified atom stereocenters. The molecule has 1 saturated heterocycles. The van der Waals surface area contributed by atoms with Gasteiger partial charge in [-0.05, 0) is 37.1 Å². The summed E-state index contributed by atoms with van der Waals surface area (Å²) >= 11 is 12.2. The Labute approximate surface area is 184 Å². The second kappa shape index (κ2) is 9.45. The molecule has 1 heterocycles. The molecule has 7 nitrogen and oxygen atoms in total. The Morgan fingerprint density at radius 3 is 2.37 bits per heavy atom. The van der Waals surface area contributed by atoms with Crippen LogP contribution in [0, 0.1) is 0 Å². The van der Waals surface area contributed by atoms with Gasteiger partial charge < -0.3 is 24.4 Å². The van der Waals surface area contributed by atoms with E-state index in [0.29, 0.717) is 57.9 Å². The molecule has 3 rings (SSSR count). The van der Waals surface area contributed by atoms with Gasteiger partial charge in [0.2, 0.25) is 5.91 Å². The van der Waals surface area contributed by atoms with Crippen molar-refractivity contribution >= 4 is 40.7 Å². The van der Waals surface area contributed by atoms with Gasteiger partial charge in [0, 0.05) is 17.6 Å². The number of ether oxygens (including phenoxy) is 3. The van der Waals surface area contributed by atoms with E-state index in [2.05, 4.69) is 5.32 Å². The number of benzene rings is 2. The third-order valence-corrected chi connectivity index (χ3v) is 5.47. The number of hydrogen-bond acceptors (Lipinski definition) is 5. The molecular weight excluding hydrogens is 431 g/mol. The molecule has 0 aliphatic carbocycles. The van der Waals surface area contributed by atoms with Crippen molar-refractivity contribution in [3.8, 4) is 17.2 Å². The topological polar surface area (TPSA) is 77.1 Å². The van der Waals surface area contributed by atoms with Crippen LogP contribution in [0.1, 0.15) is 23.2 Å². The summed E-state index contributed by atoms with van der Waals surface area (Å²) in [5, 5.41) is 3.56. The number of amides is 2. The highest BCUT2D eigenvalue weighted by atomic mass is 35.5. The van der Waals surface area contributed by atoms with Gasteiger partial charge in [-0.2, -0.15) is 0 Å². The van der Waals surface area contributed by atoms with Crippen LogP contribution in [-0.4, -0.2) is 50.6 Å². The number of nitrogens with zero attached hydrogens (tertiary/aromatic N) is 1. The number of hydrogen-bond donors (Lipinski definition) is 1. The standard InChI is InChI=1S/C21H22Cl2N2O5/c1-28-17-7-6-12(22)9-13(17)21(27)25-8-4-5-16(25)20(26)24-15-10-14(23)18(29-2)11-19(15)30-3/h6-7,9-11,16H,4-5,8H2,1-3H3,(H,24,26). The van der Waals surface area contributed by atoms with Gasteiger partial charge >= 0.3 is 0 Å². The molecule has 1 aliphatic heterocycles. The average molecular weight is 453 g/mol. The van der Waals surface area contributed by atoms with Crippen molar-refractivity contribution in [3.05, 3.63) is 45.9 Å². The normalized spacial score (nSPS) is 15.6. The Bertz CT molecular complexity index is 967. The van der Waals surface area contributed by atoms with Crippen molar-refractivity contribution in [2.24, 2.45) is 0 Å². The Morgan fingerprint density at radius 2 is 1.70 bits per heavy atom. The molecule has 1 atom stereocenters. The van der Waals surface area contributed by atoms with E-state index in [0.717, 1.165) is 0 Å². The number of carbonyl (C=O) groups excluding carboxylic acids is 2. The van der Waals surface area contributed by atoms with Crippen molar-refractivity contribution < 1.29 is 23.8 Å². The molecular formula is C21H22Cl2N2O5. The number of rotatable bonds is 6. The molecule has 1 N–H and O–H groups in total. The van der Waals surface area contributed by atoms with Gasteiger partial charge in [0.25, 0.3) is 5.91 Å². The molecule has 2 aromatic rings. The van der Waals surface area contributed by atoms with Crippen LogP contribution in [0.25, 0.3) is 0 Å². The summed E-state index contributed by atoms with van der Waals surface area (Å²) in [4.78, 5) is 27.7. The molecule has 0 radical (unpaired) electrons. The lowest BCUT2D eigenvalue weighted by Gasteiger charge is -2.25. The predicted molar refractivity (Wildman–Crippen MR) is 115 cm³/mol. The van der Waals surface area contributed by atoms with E-state index < -0.39 is 6.04 Å². The first-order valence-corrected chi connectivity index (χ1v) is 10.0. The Kier molecular flexibility index (Phi) is 6.95. The molecule has 2 amide bonds. The van der Waals surface area contributed by atoms with Crippen LogP contribution in [0.3, 0.4) is 0 Å². The highest BCUT2D eigenvalue weighted by Gasteiger charge is 2.36. The van der Waals surface area contributed by atoms with Crippen LogP contribution < -0.4 is 19.5 Å². The van der Waals surface area contributed by atoms with Crippen molar-refractivity contribution in [1.82, 2.24) is 4.90 Å². The fourth-order valence-corrected chi connectivity index (χ4v) is 3.87. The number of nitrogens with one attached hydrogen (secondary N) is 1. The monoisotopic (exact) mass is 452 g/mol. The molecule has 0 bridgehead atoms. The fraction of sp³-hybridized carbons (Fsp3) is 0.333. The largest absolute Gasteiger partial charge is 0.496 e. The van der Waals surface area contributed by atoms with Crippen LogP contribution in [0.15, 0.2) is 30.3 Å². The van der Waals surface area contributed by atoms with Crippen molar-refractivity contribution in [2.45, 2.75) is 18.9 Å². The Balaban J connectivity index is 1.84. The zero-order valence-corrected chi connectivity index (χ0v) is 18.3. The van der Waals surface area contributed by atoms with Crippen LogP contribution >= 0.6 is 23.2 Å². The number of anilines is 1. The lowest BCUT2D eigenvalue weighted by atomic mass is 10.1. The number of likely N-dealkylation sites (tertiary alicyclic amines) is 1. The van der Waals surface area contributed by atoms with Gasteiger partial charge in [-0.15, -0.1) is 0 Å². The first kappa shape index (κ1) is 22.1. The van der Waals surface area contributed by atoms with Gasteiger partial charge in [-0.3, -0.25) is 9.59 Å². The van der Waals surface area contributed by atoms with Gasteiger partial charge in [0.15, 0.2) is 0 Å². The van der Waals surface area contributed by atoms with Crippen molar-refractivity contribution in [1.29, 1.82) is 0 Å². The maximum Gasteiger partial charge on any atom is 0.258 e. The zero-order valence-electron chi connectivity index (χ0n) is 16.8. The summed E-state index contributed by atoms with van der Waals surface area (Å²) in [6.07, 6.45) is 1.24. The molecule has 1 aliphatic rings. The summed E-state index contributed by atoms with van der Waals surface area (Å²) < 4.78 is 15.8.